The standard InChI is InChI=1S/C17H20N4O2/c1-4-6-14-7-5-8-15(17(14)23)10-18-19-16(22)11-21-13(3)9-12(2)20-21/h4-5,7-10,23H,1,6,11H2,2-3H3,(H,19,22)/b18-10-. The lowest BCUT2D eigenvalue weighted by atomic mass is 10.1. The van der Waals surface area contributed by atoms with E-state index in [0.29, 0.717) is 12.0 Å². The van der Waals surface area contributed by atoms with Crippen molar-refractivity contribution < 1.29 is 9.90 Å². The van der Waals surface area contributed by atoms with Crippen LogP contribution in [0, 0.1) is 13.8 Å². The van der Waals surface area contributed by atoms with Gasteiger partial charge in [-0.2, -0.15) is 10.2 Å². The van der Waals surface area contributed by atoms with Gasteiger partial charge in [-0.05, 0) is 38.0 Å². The number of phenolic OH excluding ortho intramolecular Hbond substituents is 1. The van der Waals surface area contributed by atoms with E-state index in [1.165, 1.54) is 6.21 Å². The number of allylic oxidation sites excluding steroid dienone is 1. The van der Waals surface area contributed by atoms with E-state index in [2.05, 4.69) is 22.2 Å². The fraction of sp³-hybridized carbons (Fsp3) is 0.235. The van der Waals surface area contributed by atoms with Gasteiger partial charge in [0.2, 0.25) is 0 Å². The summed E-state index contributed by atoms with van der Waals surface area (Å²) >= 11 is 0. The number of phenols is 1. The van der Waals surface area contributed by atoms with Crippen molar-refractivity contribution in [3.8, 4) is 5.75 Å². The number of benzene rings is 1. The maximum absolute atomic E-state index is 11.9. The molecule has 0 aliphatic heterocycles. The molecule has 0 saturated heterocycles. The zero-order valence-electron chi connectivity index (χ0n) is 13.3. The molecule has 2 N–H and O–H groups in total. The van der Waals surface area contributed by atoms with Gasteiger partial charge in [0.25, 0.3) is 5.91 Å². The monoisotopic (exact) mass is 312 g/mol. The van der Waals surface area contributed by atoms with Gasteiger partial charge in [0.15, 0.2) is 0 Å². The molecule has 0 unspecified atom stereocenters. The van der Waals surface area contributed by atoms with Crippen LogP contribution in [-0.2, 0) is 17.8 Å². The predicted molar refractivity (Wildman–Crippen MR) is 89.4 cm³/mol. The molecule has 6 heteroatoms. The van der Waals surface area contributed by atoms with Gasteiger partial charge in [0.1, 0.15) is 12.3 Å². The molecule has 0 radical (unpaired) electrons. The molecule has 0 bridgehead atoms. The normalized spacial score (nSPS) is 10.9. The van der Waals surface area contributed by atoms with Crippen molar-refractivity contribution in [2.24, 2.45) is 5.10 Å². The number of hydrogen-bond donors (Lipinski definition) is 2. The van der Waals surface area contributed by atoms with Crippen molar-refractivity contribution >= 4 is 12.1 Å². The summed E-state index contributed by atoms with van der Waals surface area (Å²) in [5.41, 5.74) is 5.51. The van der Waals surface area contributed by atoms with Crippen LogP contribution < -0.4 is 5.43 Å². The number of carbonyl (C=O) groups excluding carboxylic acids is 1. The maximum atomic E-state index is 11.9. The minimum Gasteiger partial charge on any atom is -0.507 e. The Hall–Kier alpha value is -2.89. The Balaban J connectivity index is 1.99. The van der Waals surface area contributed by atoms with Crippen LogP contribution >= 0.6 is 0 Å². The van der Waals surface area contributed by atoms with Gasteiger partial charge in [0.05, 0.1) is 11.9 Å². The molecule has 23 heavy (non-hydrogen) atoms. The van der Waals surface area contributed by atoms with Crippen LogP contribution in [0.3, 0.4) is 0 Å². The average Bonchev–Trinajstić information content (AvgIpc) is 2.81. The van der Waals surface area contributed by atoms with Crippen molar-refractivity contribution in [2.75, 3.05) is 0 Å². The second-order valence-corrected chi connectivity index (χ2v) is 5.23. The minimum atomic E-state index is -0.283. The molecule has 0 spiro atoms. The summed E-state index contributed by atoms with van der Waals surface area (Å²) in [6, 6.07) is 7.26. The molecular formula is C17H20N4O2. The van der Waals surface area contributed by atoms with Crippen molar-refractivity contribution in [1.29, 1.82) is 0 Å². The van der Waals surface area contributed by atoms with Crippen molar-refractivity contribution in [3.05, 3.63) is 59.4 Å². The number of amides is 1. The van der Waals surface area contributed by atoms with E-state index in [-0.39, 0.29) is 18.2 Å². The van der Waals surface area contributed by atoms with E-state index >= 15 is 0 Å². The molecule has 120 valence electrons. The number of hydrazone groups is 1. The Bertz CT molecular complexity index is 747. The number of nitrogens with zero attached hydrogens (tertiary/aromatic N) is 3. The highest BCUT2D eigenvalue weighted by Crippen LogP contribution is 2.21. The second kappa shape index (κ2) is 7.40. The van der Waals surface area contributed by atoms with Crippen LogP contribution in [0.4, 0.5) is 0 Å². The molecular weight excluding hydrogens is 292 g/mol. The third-order valence-corrected chi connectivity index (χ3v) is 3.30. The third kappa shape index (κ3) is 4.29. The Kier molecular flexibility index (Phi) is 5.30. The fourth-order valence-electron chi connectivity index (χ4n) is 2.22. The van der Waals surface area contributed by atoms with Gasteiger partial charge in [0, 0.05) is 11.3 Å². The second-order valence-electron chi connectivity index (χ2n) is 5.23. The highest BCUT2D eigenvalue weighted by Gasteiger charge is 2.07. The van der Waals surface area contributed by atoms with E-state index in [0.717, 1.165) is 17.0 Å². The summed E-state index contributed by atoms with van der Waals surface area (Å²) in [7, 11) is 0. The Morgan fingerprint density at radius 2 is 2.26 bits per heavy atom. The summed E-state index contributed by atoms with van der Waals surface area (Å²) in [5.74, 6) is -0.141. The Morgan fingerprint density at radius 1 is 1.48 bits per heavy atom. The number of nitrogens with one attached hydrogen (secondary N) is 1. The molecule has 0 fully saturated rings. The first-order chi connectivity index (χ1) is 11.0. The molecule has 0 aliphatic rings. The van der Waals surface area contributed by atoms with Crippen LogP contribution in [0.1, 0.15) is 22.5 Å². The maximum Gasteiger partial charge on any atom is 0.261 e. The first kappa shape index (κ1) is 16.5. The molecule has 1 heterocycles. The quantitative estimate of drug-likeness (QED) is 0.487. The van der Waals surface area contributed by atoms with E-state index in [1.807, 2.05) is 32.0 Å². The lowest BCUT2D eigenvalue weighted by molar-refractivity contribution is -0.121. The SMILES string of the molecule is C=CCc1cccc(/C=N\NC(=O)Cn2nc(C)cc2C)c1O. The van der Waals surface area contributed by atoms with Crippen molar-refractivity contribution in [1.82, 2.24) is 15.2 Å². The van der Waals surface area contributed by atoms with Gasteiger partial charge in [-0.25, -0.2) is 5.43 Å². The first-order valence-electron chi connectivity index (χ1n) is 7.26. The van der Waals surface area contributed by atoms with E-state index in [9.17, 15) is 9.90 Å². The Morgan fingerprint density at radius 3 is 2.91 bits per heavy atom. The topological polar surface area (TPSA) is 79.5 Å². The molecule has 0 atom stereocenters. The van der Waals surface area contributed by atoms with Gasteiger partial charge >= 0.3 is 0 Å². The molecule has 1 aromatic carbocycles. The number of para-hydroxylation sites is 1. The number of aryl methyl sites for hydroxylation is 2. The van der Waals surface area contributed by atoms with Crippen molar-refractivity contribution in [2.45, 2.75) is 26.8 Å². The first-order valence-corrected chi connectivity index (χ1v) is 7.26. The van der Waals surface area contributed by atoms with Crippen LogP contribution in [-0.4, -0.2) is 27.0 Å². The van der Waals surface area contributed by atoms with Crippen LogP contribution in [0.5, 0.6) is 5.75 Å². The predicted octanol–water partition coefficient (Wildman–Crippen LogP) is 2.08. The van der Waals surface area contributed by atoms with Gasteiger partial charge in [-0.3, -0.25) is 9.48 Å². The molecule has 1 aromatic heterocycles. The summed E-state index contributed by atoms with van der Waals surface area (Å²) < 4.78 is 1.61. The minimum absolute atomic E-state index is 0.0967. The van der Waals surface area contributed by atoms with Gasteiger partial charge < -0.3 is 5.11 Å². The van der Waals surface area contributed by atoms with E-state index in [1.54, 1.807) is 16.8 Å². The third-order valence-electron chi connectivity index (χ3n) is 3.30. The highest BCUT2D eigenvalue weighted by molar-refractivity contribution is 5.85. The fourth-order valence-corrected chi connectivity index (χ4v) is 2.22. The van der Waals surface area contributed by atoms with Crippen LogP contribution in [0.25, 0.3) is 0 Å². The van der Waals surface area contributed by atoms with Gasteiger partial charge in [-0.15, -0.1) is 6.58 Å². The number of carbonyl (C=O) groups is 1. The summed E-state index contributed by atoms with van der Waals surface area (Å²) in [6.45, 7) is 7.51. The smallest absolute Gasteiger partial charge is 0.261 e. The number of aromatic nitrogens is 2. The lowest BCUT2D eigenvalue weighted by Gasteiger charge is -2.05. The lowest BCUT2D eigenvalue weighted by Crippen LogP contribution is -2.24. The zero-order chi connectivity index (χ0) is 16.8. The number of hydrogen-bond acceptors (Lipinski definition) is 4. The molecule has 0 saturated carbocycles. The molecule has 0 aliphatic carbocycles. The highest BCUT2D eigenvalue weighted by atomic mass is 16.3. The average molecular weight is 312 g/mol. The molecule has 1 amide bonds. The molecule has 2 rings (SSSR count). The largest absolute Gasteiger partial charge is 0.507 e. The Labute approximate surface area is 135 Å². The van der Waals surface area contributed by atoms with Crippen LogP contribution in [0.2, 0.25) is 0 Å². The number of aromatic hydroxyl groups is 1. The van der Waals surface area contributed by atoms with E-state index < -0.39 is 0 Å². The zero-order valence-corrected chi connectivity index (χ0v) is 13.3. The number of rotatable bonds is 6. The van der Waals surface area contributed by atoms with Crippen molar-refractivity contribution in [3.63, 3.8) is 0 Å². The van der Waals surface area contributed by atoms with Crippen LogP contribution in [0.15, 0.2) is 42.0 Å². The summed E-state index contributed by atoms with van der Waals surface area (Å²) in [6.07, 6.45) is 3.70. The van der Waals surface area contributed by atoms with E-state index in [4.69, 9.17) is 0 Å². The molecule has 6 nitrogen and oxygen atoms in total. The summed E-state index contributed by atoms with van der Waals surface area (Å²) in [5, 5.41) is 18.2. The molecule has 2 aromatic rings. The van der Waals surface area contributed by atoms with Gasteiger partial charge in [-0.1, -0.05) is 18.2 Å². The summed E-state index contributed by atoms with van der Waals surface area (Å²) in [4.78, 5) is 11.9.